The Labute approximate surface area is 142 Å². The predicted octanol–water partition coefficient (Wildman–Crippen LogP) is 5.22. The number of nitrogens with zero attached hydrogens (tertiary/aromatic N) is 1. The van der Waals surface area contributed by atoms with Crippen molar-refractivity contribution in [1.29, 1.82) is 0 Å². The van der Waals surface area contributed by atoms with Gasteiger partial charge in [0.1, 0.15) is 0 Å². The zero-order valence-corrected chi connectivity index (χ0v) is 14.0. The average Bonchev–Trinajstić information content (AvgIpc) is 2.63. The van der Waals surface area contributed by atoms with Gasteiger partial charge in [0.05, 0.1) is 11.2 Å². The number of carbonyl (C=O) groups excluding carboxylic acids is 1. The van der Waals surface area contributed by atoms with Gasteiger partial charge in [0, 0.05) is 16.6 Å². The molecule has 1 amide bonds. The Balaban J connectivity index is 1.86. The highest BCUT2D eigenvalue weighted by molar-refractivity contribution is 6.08. The number of hydrogen-bond acceptors (Lipinski definition) is 2. The standard InChI is InChI=1S/C21H22N2O/c1-2-3-5-12-18-15-14-16-11-8-13-19(20(16)22-18)23-21(24)17-9-6-4-7-10-17/h4,6-11,13-15H,2-3,5,12H2,1H3,(H,23,24). The summed E-state index contributed by atoms with van der Waals surface area (Å²) >= 11 is 0. The molecule has 3 aromatic rings. The van der Waals surface area contributed by atoms with Crippen LogP contribution in [-0.2, 0) is 6.42 Å². The van der Waals surface area contributed by atoms with E-state index < -0.39 is 0 Å². The SMILES string of the molecule is CCCCCc1ccc2cccc(NC(=O)c3ccccc3)c2n1. The highest BCUT2D eigenvalue weighted by Crippen LogP contribution is 2.23. The van der Waals surface area contributed by atoms with Crippen LogP contribution in [0.1, 0.15) is 42.2 Å². The summed E-state index contributed by atoms with van der Waals surface area (Å²) in [6, 6.07) is 19.3. The van der Waals surface area contributed by atoms with Gasteiger partial charge in [0.25, 0.3) is 5.91 Å². The smallest absolute Gasteiger partial charge is 0.255 e. The number of hydrogen-bond donors (Lipinski definition) is 1. The first-order valence-electron chi connectivity index (χ1n) is 8.53. The Kier molecular flexibility index (Phi) is 5.22. The van der Waals surface area contributed by atoms with Gasteiger partial charge in [0.2, 0.25) is 0 Å². The van der Waals surface area contributed by atoms with Gasteiger partial charge in [0.15, 0.2) is 0 Å². The van der Waals surface area contributed by atoms with Crippen LogP contribution in [0.15, 0.2) is 60.7 Å². The molecule has 0 aliphatic carbocycles. The molecule has 3 heteroatoms. The molecule has 0 fully saturated rings. The summed E-state index contributed by atoms with van der Waals surface area (Å²) in [7, 11) is 0. The van der Waals surface area contributed by atoms with E-state index in [9.17, 15) is 4.79 Å². The third-order valence-electron chi connectivity index (χ3n) is 4.10. The Morgan fingerprint density at radius 2 is 1.79 bits per heavy atom. The number of carbonyl (C=O) groups is 1. The number of aromatic nitrogens is 1. The Hall–Kier alpha value is -2.68. The highest BCUT2D eigenvalue weighted by Gasteiger charge is 2.09. The van der Waals surface area contributed by atoms with Gasteiger partial charge in [-0.15, -0.1) is 0 Å². The molecule has 2 aromatic carbocycles. The number of anilines is 1. The van der Waals surface area contributed by atoms with Crippen LogP contribution in [0, 0.1) is 0 Å². The quantitative estimate of drug-likeness (QED) is 0.633. The highest BCUT2D eigenvalue weighted by atomic mass is 16.1. The number of amides is 1. The van der Waals surface area contributed by atoms with Gasteiger partial charge in [-0.2, -0.15) is 0 Å². The fourth-order valence-electron chi connectivity index (χ4n) is 2.77. The molecule has 0 unspecified atom stereocenters. The molecule has 0 atom stereocenters. The lowest BCUT2D eigenvalue weighted by atomic mass is 10.1. The fraction of sp³-hybridized carbons (Fsp3) is 0.238. The van der Waals surface area contributed by atoms with Crippen LogP contribution in [0.2, 0.25) is 0 Å². The lowest BCUT2D eigenvalue weighted by Gasteiger charge is -2.10. The second-order valence-corrected chi connectivity index (χ2v) is 5.96. The van der Waals surface area contributed by atoms with Crippen molar-refractivity contribution in [2.75, 3.05) is 5.32 Å². The summed E-state index contributed by atoms with van der Waals surface area (Å²) in [4.78, 5) is 17.2. The number of benzene rings is 2. The normalized spacial score (nSPS) is 10.7. The van der Waals surface area contributed by atoms with Gasteiger partial charge in [-0.25, -0.2) is 0 Å². The first kappa shape index (κ1) is 16.2. The van der Waals surface area contributed by atoms with Crippen molar-refractivity contribution in [1.82, 2.24) is 4.98 Å². The topological polar surface area (TPSA) is 42.0 Å². The van der Waals surface area contributed by atoms with E-state index in [0.29, 0.717) is 5.56 Å². The van der Waals surface area contributed by atoms with E-state index in [-0.39, 0.29) is 5.91 Å². The molecule has 0 saturated carbocycles. The van der Waals surface area contributed by atoms with E-state index in [1.54, 1.807) is 0 Å². The van der Waals surface area contributed by atoms with Crippen molar-refractivity contribution in [3.8, 4) is 0 Å². The van der Waals surface area contributed by atoms with Crippen LogP contribution >= 0.6 is 0 Å². The molecule has 3 nitrogen and oxygen atoms in total. The molecule has 1 heterocycles. The third-order valence-corrected chi connectivity index (χ3v) is 4.10. The number of rotatable bonds is 6. The molecule has 0 bridgehead atoms. The van der Waals surface area contributed by atoms with Crippen molar-refractivity contribution in [3.63, 3.8) is 0 Å². The first-order valence-corrected chi connectivity index (χ1v) is 8.53. The van der Waals surface area contributed by atoms with E-state index in [2.05, 4.69) is 24.4 Å². The summed E-state index contributed by atoms with van der Waals surface area (Å²) in [5.74, 6) is -0.110. The number of pyridine rings is 1. The lowest BCUT2D eigenvalue weighted by Crippen LogP contribution is -2.12. The second-order valence-electron chi connectivity index (χ2n) is 5.96. The zero-order chi connectivity index (χ0) is 16.8. The number of unbranched alkanes of at least 4 members (excludes halogenated alkanes) is 2. The first-order chi connectivity index (χ1) is 11.8. The van der Waals surface area contributed by atoms with Gasteiger partial charge in [-0.05, 0) is 37.1 Å². The summed E-state index contributed by atoms with van der Waals surface area (Å²) in [5.41, 5.74) is 3.35. The van der Waals surface area contributed by atoms with E-state index in [4.69, 9.17) is 4.98 Å². The van der Waals surface area contributed by atoms with Crippen LogP contribution in [0.25, 0.3) is 10.9 Å². The molecule has 0 spiro atoms. The molecule has 0 aliphatic rings. The number of para-hydroxylation sites is 1. The van der Waals surface area contributed by atoms with Crippen molar-refractivity contribution >= 4 is 22.5 Å². The molecule has 0 saturated heterocycles. The zero-order valence-electron chi connectivity index (χ0n) is 14.0. The largest absolute Gasteiger partial charge is 0.320 e. The van der Waals surface area contributed by atoms with Crippen molar-refractivity contribution in [2.45, 2.75) is 32.6 Å². The number of nitrogens with one attached hydrogen (secondary N) is 1. The minimum Gasteiger partial charge on any atom is -0.320 e. The molecular formula is C21H22N2O. The van der Waals surface area contributed by atoms with Crippen LogP contribution in [0.5, 0.6) is 0 Å². The minimum atomic E-state index is -0.110. The minimum absolute atomic E-state index is 0.110. The molecule has 122 valence electrons. The van der Waals surface area contributed by atoms with Gasteiger partial charge >= 0.3 is 0 Å². The predicted molar refractivity (Wildman–Crippen MR) is 99.4 cm³/mol. The van der Waals surface area contributed by atoms with E-state index >= 15 is 0 Å². The van der Waals surface area contributed by atoms with Crippen molar-refractivity contribution < 1.29 is 4.79 Å². The summed E-state index contributed by atoms with van der Waals surface area (Å²) in [6.45, 7) is 2.20. The third kappa shape index (κ3) is 3.80. The van der Waals surface area contributed by atoms with E-state index in [1.807, 2.05) is 48.5 Å². The van der Waals surface area contributed by atoms with Crippen LogP contribution in [0.3, 0.4) is 0 Å². The van der Waals surface area contributed by atoms with E-state index in [0.717, 1.165) is 35.1 Å². The molecular weight excluding hydrogens is 296 g/mol. The number of fused-ring (bicyclic) bond motifs is 1. The summed E-state index contributed by atoms with van der Waals surface area (Å²) in [5, 5.41) is 4.04. The summed E-state index contributed by atoms with van der Waals surface area (Å²) < 4.78 is 0. The molecule has 1 aromatic heterocycles. The average molecular weight is 318 g/mol. The maximum Gasteiger partial charge on any atom is 0.255 e. The second kappa shape index (κ2) is 7.73. The molecule has 0 radical (unpaired) electrons. The lowest BCUT2D eigenvalue weighted by molar-refractivity contribution is 0.102. The Morgan fingerprint density at radius 3 is 2.58 bits per heavy atom. The van der Waals surface area contributed by atoms with Crippen LogP contribution in [-0.4, -0.2) is 10.9 Å². The van der Waals surface area contributed by atoms with Gasteiger partial charge in [-0.3, -0.25) is 9.78 Å². The van der Waals surface area contributed by atoms with Crippen molar-refractivity contribution in [2.24, 2.45) is 0 Å². The monoisotopic (exact) mass is 318 g/mol. The Bertz CT molecular complexity index is 828. The van der Waals surface area contributed by atoms with Gasteiger partial charge < -0.3 is 5.32 Å². The molecule has 3 rings (SSSR count). The molecule has 0 aliphatic heterocycles. The van der Waals surface area contributed by atoms with Crippen LogP contribution in [0.4, 0.5) is 5.69 Å². The molecule has 24 heavy (non-hydrogen) atoms. The maximum atomic E-state index is 12.4. The summed E-state index contributed by atoms with van der Waals surface area (Å²) in [6.07, 6.45) is 4.54. The maximum absolute atomic E-state index is 12.4. The van der Waals surface area contributed by atoms with E-state index in [1.165, 1.54) is 12.8 Å². The Morgan fingerprint density at radius 1 is 0.958 bits per heavy atom. The molecule has 1 N–H and O–H groups in total. The van der Waals surface area contributed by atoms with Crippen molar-refractivity contribution in [3.05, 3.63) is 71.9 Å². The fourth-order valence-corrected chi connectivity index (χ4v) is 2.77. The van der Waals surface area contributed by atoms with Crippen LogP contribution < -0.4 is 5.32 Å². The number of aryl methyl sites for hydroxylation is 1. The van der Waals surface area contributed by atoms with Gasteiger partial charge in [-0.1, -0.05) is 56.2 Å².